The average Bonchev–Trinajstić information content (AvgIpc) is 2.89. The smallest absolute Gasteiger partial charge is 0.256 e. The molecule has 1 aliphatic rings. The first-order valence-electron chi connectivity index (χ1n) is 7.09. The topological polar surface area (TPSA) is 52.6 Å². The molecule has 1 fully saturated rings. The molecule has 0 saturated carbocycles. The molecule has 1 amide bonds. The number of rotatable bonds is 5. The second-order valence-corrected chi connectivity index (χ2v) is 5.11. The zero-order valence-electron chi connectivity index (χ0n) is 11.7. The number of halogens is 1. The van der Waals surface area contributed by atoms with Crippen LogP contribution in [0.1, 0.15) is 30.1 Å². The molecule has 1 aromatic carbocycles. The third-order valence-corrected chi connectivity index (χ3v) is 3.71. The summed E-state index contributed by atoms with van der Waals surface area (Å²) < 4.78 is 13.8. The highest BCUT2D eigenvalue weighted by molar-refractivity contribution is 5.99. The zero-order chi connectivity index (χ0) is 14.5. The normalized spacial score (nSPS) is 18.4. The molecule has 0 aromatic heterocycles. The Labute approximate surface area is 118 Å². The van der Waals surface area contributed by atoms with Gasteiger partial charge in [0.2, 0.25) is 0 Å². The van der Waals surface area contributed by atoms with Crippen molar-refractivity contribution in [2.24, 2.45) is 5.92 Å². The number of amides is 1. The fourth-order valence-corrected chi connectivity index (χ4v) is 2.66. The van der Waals surface area contributed by atoms with E-state index in [1.807, 2.05) is 6.92 Å². The van der Waals surface area contributed by atoms with Gasteiger partial charge in [-0.1, -0.05) is 6.07 Å². The second-order valence-electron chi connectivity index (χ2n) is 5.11. The number of para-hydroxylation sites is 1. The van der Waals surface area contributed by atoms with Crippen molar-refractivity contribution >= 4 is 11.6 Å². The summed E-state index contributed by atoms with van der Waals surface area (Å²) in [6.07, 6.45) is 1.62. The lowest BCUT2D eigenvalue weighted by molar-refractivity contribution is 0.0785. The fraction of sp³-hybridized carbons (Fsp3) is 0.533. The number of nitrogens with one attached hydrogen (secondary N) is 1. The Morgan fingerprint density at radius 2 is 2.35 bits per heavy atom. The number of hydrogen-bond donors (Lipinski definition) is 2. The lowest BCUT2D eigenvalue weighted by Gasteiger charge is -2.19. The Bertz CT molecular complexity index is 479. The molecule has 20 heavy (non-hydrogen) atoms. The minimum atomic E-state index is -0.399. The molecule has 2 rings (SSSR count). The summed E-state index contributed by atoms with van der Waals surface area (Å²) in [4.78, 5) is 14.2. The van der Waals surface area contributed by atoms with E-state index in [-0.39, 0.29) is 18.2 Å². The molecule has 0 bridgehead atoms. The minimum Gasteiger partial charge on any atom is -0.396 e. The Morgan fingerprint density at radius 1 is 1.55 bits per heavy atom. The van der Waals surface area contributed by atoms with E-state index in [2.05, 4.69) is 5.32 Å². The van der Waals surface area contributed by atoms with Gasteiger partial charge in [0.1, 0.15) is 5.82 Å². The van der Waals surface area contributed by atoms with E-state index >= 15 is 0 Å². The maximum atomic E-state index is 13.8. The van der Waals surface area contributed by atoms with Crippen molar-refractivity contribution in [3.05, 3.63) is 29.6 Å². The number of benzene rings is 1. The van der Waals surface area contributed by atoms with E-state index in [1.54, 1.807) is 17.0 Å². The molecule has 5 heteroatoms. The molecule has 4 nitrogen and oxygen atoms in total. The van der Waals surface area contributed by atoms with Gasteiger partial charge in [0.05, 0.1) is 11.3 Å². The van der Waals surface area contributed by atoms with Crippen LogP contribution in [0.3, 0.4) is 0 Å². The van der Waals surface area contributed by atoms with E-state index in [1.165, 1.54) is 6.07 Å². The SMILES string of the molecule is CCNc1c(F)cccc1C(=O)N1CCC(CCO)C1. The highest BCUT2D eigenvalue weighted by atomic mass is 19.1. The quantitative estimate of drug-likeness (QED) is 0.868. The van der Waals surface area contributed by atoms with Gasteiger partial charge in [-0.15, -0.1) is 0 Å². The first-order chi connectivity index (χ1) is 9.67. The number of anilines is 1. The average molecular weight is 280 g/mol. The van der Waals surface area contributed by atoms with Crippen LogP contribution in [0, 0.1) is 11.7 Å². The van der Waals surface area contributed by atoms with Crippen LogP contribution in [0.4, 0.5) is 10.1 Å². The summed E-state index contributed by atoms with van der Waals surface area (Å²) in [6.45, 7) is 3.89. The Kier molecular flexibility index (Phi) is 4.95. The van der Waals surface area contributed by atoms with Crippen LogP contribution in [0.2, 0.25) is 0 Å². The van der Waals surface area contributed by atoms with Crippen LogP contribution in [-0.4, -0.2) is 42.2 Å². The monoisotopic (exact) mass is 280 g/mol. The van der Waals surface area contributed by atoms with Gasteiger partial charge in [-0.2, -0.15) is 0 Å². The van der Waals surface area contributed by atoms with Crippen LogP contribution in [0.5, 0.6) is 0 Å². The largest absolute Gasteiger partial charge is 0.396 e. The summed E-state index contributed by atoms with van der Waals surface area (Å²) in [5, 5.41) is 11.9. The minimum absolute atomic E-state index is 0.138. The first-order valence-corrected chi connectivity index (χ1v) is 7.09. The highest BCUT2D eigenvalue weighted by Crippen LogP contribution is 2.25. The van der Waals surface area contributed by atoms with Crippen molar-refractivity contribution in [1.29, 1.82) is 0 Å². The van der Waals surface area contributed by atoms with Crippen LogP contribution in [0.25, 0.3) is 0 Å². The number of nitrogens with zero attached hydrogens (tertiary/aromatic N) is 1. The predicted molar refractivity (Wildman–Crippen MR) is 76.3 cm³/mol. The van der Waals surface area contributed by atoms with E-state index in [0.29, 0.717) is 37.5 Å². The maximum absolute atomic E-state index is 13.8. The van der Waals surface area contributed by atoms with Crippen molar-refractivity contribution in [3.63, 3.8) is 0 Å². The Morgan fingerprint density at radius 3 is 3.05 bits per heavy atom. The van der Waals surface area contributed by atoms with Gasteiger partial charge in [-0.3, -0.25) is 4.79 Å². The van der Waals surface area contributed by atoms with Gasteiger partial charge in [0.25, 0.3) is 5.91 Å². The third-order valence-electron chi connectivity index (χ3n) is 3.71. The van der Waals surface area contributed by atoms with Crippen LogP contribution in [0.15, 0.2) is 18.2 Å². The number of carbonyl (C=O) groups excluding carboxylic acids is 1. The number of aliphatic hydroxyl groups excluding tert-OH is 1. The van der Waals surface area contributed by atoms with Gasteiger partial charge in [-0.25, -0.2) is 4.39 Å². The zero-order valence-corrected chi connectivity index (χ0v) is 11.7. The molecule has 1 aromatic rings. The molecule has 1 heterocycles. The summed E-state index contributed by atoms with van der Waals surface area (Å²) in [6, 6.07) is 4.57. The second kappa shape index (κ2) is 6.70. The van der Waals surface area contributed by atoms with Crippen molar-refractivity contribution in [2.75, 3.05) is 31.6 Å². The summed E-state index contributed by atoms with van der Waals surface area (Å²) in [5.41, 5.74) is 0.669. The number of aliphatic hydroxyl groups is 1. The molecule has 1 saturated heterocycles. The Hall–Kier alpha value is -1.62. The van der Waals surface area contributed by atoms with E-state index in [4.69, 9.17) is 5.11 Å². The number of carbonyl (C=O) groups is 1. The van der Waals surface area contributed by atoms with E-state index in [9.17, 15) is 9.18 Å². The molecule has 0 radical (unpaired) electrons. The van der Waals surface area contributed by atoms with Gasteiger partial charge in [0.15, 0.2) is 0 Å². The molecule has 110 valence electrons. The van der Waals surface area contributed by atoms with Gasteiger partial charge in [-0.05, 0) is 37.8 Å². The summed E-state index contributed by atoms with van der Waals surface area (Å²) in [7, 11) is 0. The lowest BCUT2D eigenvalue weighted by Crippen LogP contribution is -2.29. The van der Waals surface area contributed by atoms with Crippen LogP contribution < -0.4 is 5.32 Å². The van der Waals surface area contributed by atoms with Crippen LogP contribution in [-0.2, 0) is 0 Å². The van der Waals surface area contributed by atoms with Crippen molar-refractivity contribution < 1.29 is 14.3 Å². The van der Waals surface area contributed by atoms with E-state index < -0.39 is 5.82 Å². The Balaban J connectivity index is 2.15. The molecule has 1 unspecified atom stereocenters. The van der Waals surface area contributed by atoms with E-state index in [0.717, 1.165) is 6.42 Å². The lowest BCUT2D eigenvalue weighted by atomic mass is 10.1. The van der Waals surface area contributed by atoms with Gasteiger partial charge in [0, 0.05) is 26.2 Å². The molecular weight excluding hydrogens is 259 g/mol. The van der Waals surface area contributed by atoms with Crippen molar-refractivity contribution in [1.82, 2.24) is 4.90 Å². The molecule has 1 atom stereocenters. The highest BCUT2D eigenvalue weighted by Gasteiger charge is 2.28. The van der Waals surface area contributed by atoms with Crippen molar-refractivity contribution in [2.45, 2.75) is 19.8 Å². The molecule has 0 aliphatic carbocycles. The summed E-state index contributed by atoms with van der Waals surface area (Å²) >= 11 is 0. The molecule has 1 aliphatic heterocycles. The number of hydrogen-bond acceptors (Lipinski definition) is 3. The predicted octanol–water partition coefficient (Wildman–Crippen LogP) is 2.10. The number of likely N-dealkylation sites (tertiary alicyclic amines) is 1. The summed E-state index contributed by atoms with van der Waals surface area (Å²) in [5.74, 6) is -0.190. The third kappa shape index (κ3) is 3.10. The molecular formula is C15H21FN2O2. The molecule has 2 N–H and O–H groups in total. The fourth-order valence-electron chi connectivity index (χ4n) is 2.66. The van der Waals surface area contributed by atoms with Gasteiger partial charge < -0.3 is 15.3 Å². The van der Waals surface area contributed by atoms with Crippen LogP contribution >= 0.6 is 0 Å². The standard InChI is InChI=1S/C15H21FN2O2/c1-2-17-14-12(4-3-5-13(14)16)15(20)18-8-6-11(10-18)7-9-19/h3-5,11,17,19H,2,6-10H2,1H3. The first kappa shape index (κ1) is 14.8. The maximum Gasteiger partial charge on any atom is 0.256 e. The molecule has 0 spiro atoms. The van der Waals surface area contributed by atoms with Gasteiger partial charge >= 0.3 is 0 Å². The van der Waals surface area contributed by atoms with Crippen molar-refractivity contribution in [3.8, 4) is 0 Å².